The van der Waals surface area contributed by atoms with Gasteiger partial charge in [0.2, 0.25) is 5.91 Å². The van der Waals surface area contributed by atoms with E-state index in [1.807, 2.05) is 60.4 Å². The van der Waals surface area contributed by atoms with Crippen molar-refractivity contribution in [3.05, 3.63) is 54.1 Å². The van der Waals surface area contributed by atoms with Crippen LogP contribution >= 0.6 is 11.8 Å². The van der Waals surface area contributed by atoms with Crippen LogP contribution in [0.2, 0.25) is 0 Å². The van der Waals surface area contributed by atoms with Gasteiger partial charge >= 0.3 is 0 Å². The van der Waals surface area contributed by atoms with E-state index in [4.69, 9.17) is 5.73 Å². The topological polar surface area (TPSA) is 46.3 Å². The van der Waals surface area contributed by atoms with Gasteiger partial charge in [0.05, 0.1) is 5.25 Å². The highest BCUT2D eigenvalue weighted by atomic mass is 32.2. The predicted molar refractivity (Wildman–Crippen MR) is 93.3 cm³/mol. The molecule has 0 aliphatic carbocycles. The summed E-state index contributed by atoms with van der Waals surface area (Å²) in [6.07, 6.45) is 1.92. The van der Waals surface area contributed by atoms with Gasteiger partial charge in [0.15, 0.2) is 0 Å². The summed E-state index contributed by atoms with van der Waals surface area (Å²) in [6.45, 7) is 2.75. The molecule has 2 N–H and O–H groups in total. The number of nitrogens with two attached hydrogens (primary N) is 1. The van der Waals surface area contributed by atoms with Crippen molar-refractivity contribution < 1.29 is 4.79 Å². The van der Waals surface area contributed by atoms with Crippen LogP contribution in [-0.4, -0.2) is 17.7 Å². The van der Waals surface area contributed by atoms with Gasteiger partial charge in [-0.2, -0.15) is 0 Å². The maximum Gasteiger partial charge on any atom is 0.240 e. The van der Waals surface area contributed by atoms with E-state index in [9.17, 15) is 4.79 Å². The third kappa shape index (κ3) is 2.97. The van der Waals surface area contributed by atoms with Crippen LogP contribution in [0.5, 0.6) is 0 Å². The molecule has 1 atom stereocenters. The number of thioether (sulfide) groups is 1. The fraction of sp³-hybridized carbons (Fsp3) is 0.278. The first kappa shape index (κ1) is 15.0. The Labute approximate surface area is 135 Å². The smallest absolute Gasteiger partial charge is 0.240 e. The van der Waals surface area contributed by atoms with Crippen molar-refractivity contribution >= 4 is 29.0 Å². The summed E-state index contributed by atoms with van der Waals surface area (Å²) in [5, 5.41) is -0.116. The molecule has 1 aliphatic rings. The molecule has 1 amide bonds. The number of nitrogens with zero attached hydrogens (tertiary/aromatic N) is 1. The molecular formula is C18H20N2OS. The largest absolute Gasteiger partial charge is 0.398 e. The number of amides is 1. The second kappa shape index (κ2) is 6.44. The Kier molecular flexibility index (Phi) is 4.39. The number of hydrogen-bond acceptors (Lipinski definition) is 3. The van der Waals surface area contributed by atoms with Gasteiger partial charge < -0.3 is 10.6 Å². The Morgan fingerprint density at radius 2 is 1.95 bits per heavy atom. The quantitative estimate of drug-likeness (QED) is 0.694. The Bertz CT molecular complexity index is 672. The number of nitrogen functional groups attached to an aromatic ring is 1. The predicted octanol–water partition coefficient (Wildman–Crippen LogP) is 3.73. The molecule has 3 rings (SSSR count). The van der Waals surface area contributed by atoms with E-state index in [0.29, 0.717) is 0 Å². The standard InChI is InChI=1S/C18H20N2OS/c1-13(22-14-7-3-2-4-8-14)18(21)20-12-6-9-15-16(19)10-5-11-17(15)20/h2-5,7-8,10-11,13H,6,9,12,19H2,1H3. The summed E-state index contributed by atoms with van der Waals surface area (Å²) in [4.78, 5) is 15.9. The number of carbonyl (C=O) groups excluding carboxylic acids is 1. The first-order valence-electron chi connectivity index (χ1n) is 7.57. The summed E-state index contributed by atoms with van der Waals surface area (Å²) in [6, 6.07) is 15.9. The van der Waals surface area contributed by atoms with Crippen LogP contribution in [0.4, 0.5) is 11.4 Å². The minimum atomic E-state index is -0.116. The van der Waals surface area contributed by atoms with Crippen LogP contribution in [0, 0.1) is 0 Å². The molecule has 0 fully saturated rings. The first-order valence-corrected chi connectivity index (χ1v) is 8.45. The summed E-state index contributed by atoms with van der Waals surface area (Å²) >= 11 is 1.60. The van der Waals surface area contributed by atoms with Gasteiger partial charge in [0, 0.05) is 22.8 Å². The average Bonchev–Trinajstić information content (AvgIpc) is 2.55. The number of benzene rings is 2. The molecule has 114 valence electrons. The highest BCUT2D eigenvalue weighted by Crippen LogP contribution is 2.33. The number of hydrogen-bond donors (Lipinski definition) is 1. The van der Waals surface area contributed by atoms with Crippen molar-refractivity contribution in [1.82, 2.24) is 0 Å². The van der Waals surface area contributed by atoms with Crippen molar-refractivity contribution in [3.8, 4) is 0 Å². The molecule has 1 heterocycles. The molecule has 0 spiro atoms. The molecule has 1 aliphatic heterocycles. The second-order valence-corrected chi connectivity index (χ2v) is 6.93. The minimum absolute atomic E-state index is 0.116. The highest BCUT2D eigenvalue weighted by Gasteiger charge is 2.27. The van der Waals surface area contributed by atoms with Crippen molar-refractivity contribution in [3.63, 3.8) is 0 Å². The Morgan fingerprint density at radius 3 is 2.73 bits per heavy atom. The Morgan fingerprint density at radius 1 is 1.18 bits per heavy atom. The number of carbonyl (C=O) groups is 1. The normalized spacial score (nSPS) is 15.2. The van der Waals surface area contributed by atoms with E-state index in [-0.39, 0.29) is 11.2 Å². The van der Waals surface area contributed by atoms with Gasteiger partial charge in [-0.3, -0.25) is 4.79 Å². The molecule has 1 unspecified atom stereocenters. The fourth-order valence-electron chi connectivity index (χ4n) is 2.85. The molecule has 2 aromatic carbocycles. The van der Waals surface area contributed by atoms with E-state index < -0.39 is 0 Å². The van der Waals surface area contributed by atoms with Crippen LogP contribution in [0.1, 0.15) is 18.9 Å². The Balaban J connectivity index is 1.80. The van der Waals surface area contributed by atoms with Crippen LogP contribution in [0.15, 0.2) is 53.4 Å². The van der Waals surface area contributed by atoms with Crippen LogP contribution < -0.4 is 10.6 Å². The maximum atomic E-state index is 12.8. The lowest BCUT2D eigenvalue weighted by atomic mass is 9.99. The van der Waals surface area contributed by atoms with E-state index in [1.54, 1.807) is 11.8 Å². The summed E-state index contributed by atoms with van der Waals surface area (Å²) in [7, 11) is 0. The van der Waals surface area contributed by atoms with E-state index in [2.05, 4.69) is 0 Å². The molecule has 0 saturated carbocycles. The van der Waals surface area contributed by atoms with E-state index in [1.165, 1.54) is 0 Å². The first-order chi connectivity index (χ1) is 10.7. The molecular weight excluding hydrogens is 292 g/mol. The van der Waals surface area contributed by atoms with Gasteiger partial charge in [-0.25, -0.2) is 0 Å². The summed E-state index contributed by atoms with van der Waals surface area (Å²) in [5.74, 6) is 0.153. The van der Waals surface area contributed by atoms with Crippen LogP contribution in [0.25, 0.3) is 0 Å². The van der Waals surface area contributed by atoms with Crippen LogP contribution in [-0.2, 0) is 11.2 Å². The van der Waals surface area contributed by atoms with Gasteiger partial charge in [0.25, 0.3) is 0 Å². The lowest BCUT2D eigenvalue weighted by Gasteiger charge is -2.32. The lowest BCUT2D eigenvalue weighted by molar-refractivity contribution is -0.117. The van der Waals surface area contributed by atoms with Crippen molar-refractivity contribution in [2.24, 2.45) is 0 Å². The third-order valence-electron chi connectivity index (χ3n) is 3.96. The molecule has 0 radical (unpaired) electrons. The maximum absolute atomic E-state index is 12.8. The zero-order chi connectivity index (χ0) is 15.5. The lowest BCUT2D eigenvalue weighted by Crippen LogP contribution is -2.40. The number of anilines is 2. The highest BCUT2D eigenvalue weighted by molar-refractivity contribution is 8.00. The molecule has 0 saturated heterocycles. The van der Waals surface area contributed by atoms with Gasteiger partial charge in [-0.05, 0) is 49.6 Å². The van der Waals surface area contributed by atoms with E-state index in [0.717, 1.165) is 41.2 Å². The molecule has 0 aromatic heterocycles. The van der Waals surface area contributed by atoms with Crippen molar-refractivity contribution in [1.29, 1.82) is 0 Å². The number of fused-ring (bicyclic) bond motifs is 1. The number of rotatable bonds is 3. The zero-order valence-corrected chi connectivity index (χ0v) is 13.5. The summed E-state index contributed by atoms with van der Waals surface area (Å²) in [5.41, 5.74) is 8.94. The minimum Gasteiger partial charge on any atom is -0.398 e. The second-order valence-electron chi connectivity index (χ2n) is 5.51. The molecule has 22 heavy (non-hydrogen) atoms. The zero-order valence-electron chi connectivity index (χ0n) is 12.7. The van der Waals surface area contributed by atoms with Crippen molar-refractivity contribution in [2.45, 2.75) is 29.9 Å². The molecule has 0 bridgehead atoms. The molecule has 4 heteroatoms. The van der Waals surface area contributed by atoms with Gasteiger partial charge in [0.1, 0.15) is 0 Å². The van der Waals surface area contributed by atoms with Crippen molar-refractivity contribution in [2.75, 3.05) is 17.2 Å². The third-order valence-corrected chi connectivity index (χ3v) is 5.06. The van der Waals surface area contributed by atoms with E-state index >= 15 is 0 Å². The monoisotopic (exact) mass is 312 g/mol. The summed E-state index contributed by atoms with van der Waals surface area (Å²) < 4.78 is 0. The van der Waals surface area contributed by atoms with Gasteiger partial charge in [-0.15, -0.1) is 11.8 Å². The molecule has 2 aromatic rings. The van der Waals surface area contributed by atoms with Gasteiger partial charge in [-0.1, -0.05) is 24.3 Å². The molecule has 3 nitrogen and oxygen atoms in total. The van der Waals surface area contributed by atoms with Crippen LogP contribution in [0.3, 0.4) is 0 Å². The fourth-order valence-corrected chi connectivity index (χ4v) is 3.80. The SMILES string of the molecule is CC(Sc1ccccc1)C(=O)N1CCCc2c(N)cccc21. The Hall–Kier alpha value is -1.94. The average molecular weight is 312 g/mol.